The van der Waals surface area contributed by atoms with E-state index in [1.165, 1.54) is 0 Å². The van der Waals surface area contributed by atoms with E-state index in [2.05, 4.69) is 9.97 Å². The van der Waals surface area contributed by atoms with Crippen molar-refractivity contribution < 1.29 is 4.42 Å². The Bertz CT molecular complexity index is 292. The van der Waals surface area contributed by atoms with E-state index < -0.39 is 0 Å². The van der Waals surface area contributed by atoms with Crippen LogP contribution in [0.3, 0.4) is 0 Å². The molecule has 0 fully saturated rings. The number of nitrogens with zero attached hydrogens (tertiary/aromatic N) is 1. The van der Waals surface area contributed by atoms with E-state index in [1.807, 2.05) is 13.0 Å². The second-order valence-corrected chi connectivity index (χ2v) is 1.98. The SMILES string of the molecule is Cc1cc2[nH]cnc2o1. The van der Waals surface area contributed by atoms with Gasteiger partial charge in [-0.15, -0.1) is 0 Å². The van der Waals surface area contributed by atoms with Crippen LogP contribution < -0.4 is 0 Å². The van der Waals surface area contributed by atoms with Crippen LogP contribution in [0.1, 0.15) is 5.76 Å². The van der Waals surface area contributed by atoms with Crippen LogP contribution in [0.4, 0.5) is 0 Å². The topological polar surface area (TPSA) is 41.8 Å². The second-order valence-electron chi connectivity index (χ2n) is 1.98. The highest BCUT2D eigenvalue weighted by Crippen LogP contribution is 2.12. The first-order valence-corrected chi connectivity index (χ1v) is 2.76. The van der Waals surface area contributed by atoms with Crippen LogP contribution in [0.5, 0.6) is 0 Å². The Kier molecular flexibility index (Phi) is 0.704. The standard InChI is InChI=1S/C6H6N2O/c1-4-2-5-6(9-4)8-3-7-5/h2-3H,1H3,(H,7,8). The Morgan fingerprint density at radius 2 is 2.56 bits per heavy atom. The van der Waals surface area contributed by atoms with Gasteiger partial charge in [0.15, 0.2) is 0 Å². The zero-order chi connectivity index (χ0) is 6.27. The summed E-state index contributed by atoms with van der Waals surface area (Å²) < 4.78 is 5.17. The fraction of sp³-hybridized carbons (Fsp3) is 0.167. The van der Waals surface area contributed by atoms with Gasteiger partial charge in [-0.3, -0.25) is 0 Å². The predicted molar refractivity (Wildman–Crippen MR) is 33.1 cm³/mol. The summed E-state index contributed by atoms with van der Waals surface area (Å²) in [5.41, 5.74) is 1.65. The minimum Gasteiger partial charge on any atom is -0.442 e. The monoisotopic (exact) mass is 122 g/mol. The number of imidazole rings is 1. The normalized spacial score (nSPS) is 10.8. The molecule has 2 aromatic heterocycles. The van der Waals surface area contributed by atoms with Gasteiger partial charge in [0.25, 0.3) is 0 Å². The number of hydrogen-bond acceptors (Lipinski definition) is 2. The number of nitrogens with one attached hydrogen (secondary N) is 1. The second kappa shape index (κ2) is 1.37. The van der Waals surface area contributed by atoms with Gasteiger partial charge in [0.1, 0.15) is 11.3 Å². The zero-order valence-electron chi connectivity index (χ0n) is 5.01. The Balaban J connectivity index is 2.92. The molecule has 0 bridgehead atoms. The van der Waals surface area contributed by atoms with Gasteiger partial charge in [0.05, 0.1) is 6.33 Å². The minimum absolute atomic E-state index is 0.688. The van der Waals surface area contributed by atoms with Gasteiger partial charge in [-0.05, 0) is 6.92 Å². The van der Waals surface area contributed by atoms with Crippen molar-refractivity contribution in [2.75, 3.05) is 0 Å². The Labute approximate surface area is 51.7 Å². The molecule has 3 heteroatoms. The Morgan fingerprint density at radius 1 is 1.67 bits per heavy atom. The first kappa shape index (κ1) is 4.61. The number of aromatic amines is 1. The average Bonchev–Trinajstić information content (AvgIpc) is 2.22. The van der Waals surface area contributed by atoms with Gasteiger partial charge in [0.2, 0.25) is 5.71 Å². The molecule has 0 aliphatic carbocycles. The number of aryl methyl sites for hydroxylation is 1. The molecule has 0 atom stereocenters. The molecule has 0 aliphatic heterocycles. The molecule has 0 saturated heterocycles. The summed E-state index contributed by atoms with van der Waals surface area (Å²) in [7, 11) is 0. The highest BCUT2D eigenvalue weighted by molar-refractivity contribution is 5.68. The molecule has 46 valence electrons. The van der Waals surface area contributed by atoms with Crippen LogP contribution >= 0.6 is 0 Å². The molecule has 2 aromatic rings. The summed E-state index contributed by atoms with van der Waals surface area (Å²) in [6.45, 7) is 1.90. The molecule has 2 heterocycles. The number of rotatable bonds is 0. The fourth-order valence-electron chi connectivity index (χ4n) is 0.862. The number of furan rings is 1. The lowest BCUT2D eigenvalue weighted by atomic mass is 10.5. The van der Waals surface area contributed by atoms with Crippen molar-refractivity contribution >= 4 is 11.2 Å². The molecule has 9 heavy (non-hydrogen) atoms. The van der Waals surface area contributed by atoms with Crippen LogP contribution in [0, 0.1) is 6.92 Å². The predicted octanol–water partition coefficient (Wildman–Crippen LogP) is 1.46. The summed E-state index contributed by atoms with van der Waals surface area (Å²) in [6.07, 6.45) is 1.62. The summed E-state index contributed by atoms with van der Waals surface area (Å²) in [5, 5.41) is 0. The van der Waals surface area contributed by atoms with Gasteiger partial charge >= 0.3 is 0 Å². The van der Waals surface area contributed by atoms with Crippen molar-refractivity contribution in [1.29, 1.82) is 0 Å². The van der Waals surface area contributed by atoms with E-state index in [9.17, 15) is 0 Å². The molecule has 0 unspecified atom stereocenters. The van der Waals surface area contributed by atoms with E-state index >= 15 is 0 Å². The fourth-order valence-corrected chi connectivity index (χ4v) is 0.862. The van der Waals surface area contributed by atoms with Gasteiger partial charge in [-0.25, -0.2) is 4.98 Å². The average molecular weight is 122 g/mol. The van der Waals surface area contributed by atoms with E-state index in [4.69, 9.17) is 4.42 Å². The van der Waals surface area contributed by atoms with Crippen LogP contribution in [0.25, 0.3) is 11.2 Å². The molecular formula is C6H6N2O. The number of aromatic nitrogens is 2. The van der Waals surface area contributed by atoms with Gasteiger partial charge in [-0.1, -0.05) is 0 Å². The maximum atomic E-state index is 5.17. The molecule has 0 radical (unpaired) electrons. The molecule has 2 rings (SSSR count). The van der Waals surface area contributed by atoms with E-state index in [-0.39, 0.29) is 0 Å². The lowest BCUT2D eigenvalue weighted by Crippen LogP contribution is -1.57. The van der Waals surface area contributed by atoms with Crippen LogP contribution in [0.2, 0.25) is 0 Å². The smallest absolute Gasteiger partial charge is 0.244 e. The molecular weight excluding hydrogens is 116 g/mol. The summed E-state index contributed by atoms with van der Waals surface area (Å²) in [6, 6.07) is 1.92. The van der Waals surface area contributed by atoms with E-state index in [1.54, 1.807) is 6.33 Å². The van der Waals surface area contributed by atoms with E-state index in [0.29, 0.717) is 5.71 Å². The minimum atomic E-state index is 0.688. The van der Waals surface area contributed by atoms with Gasteiger partial charge in [0, 0.05) is 6.07 Å². The Hall–Kier alpha value is -1.25. The summed E-state index contributed by atoms with van der Waals surface area (Å²) in [4.78, 5) is 6.85. The Morgan fingerprint density at radius 3 is 3.33 bits per heavy atom. The summed E-state index contributed by atoms with van der Waals surface area (Å²) >= 11 is 0. The lowest BCUT2D eigenvalue weighted by Gasteiger charge is -1.72. The molecule has 1 N–H and O–H groups in total. The highest BCUT2D eigenvalue weighted by atomic mass is 16.3. The maximum Gasteiger partial charge on any atom is 0.244 e. The molecule has 3 nitrogen and oxygen atoms in total. The first-order chi connectivity index (χ1) is 4.36. The maximum absolute atomic E-state index is 5.17. The number of fused-ring (bicyclic) bond motifs is 1. The number of H-pyrrole nitrogens is 1. The van der Waals surface area contributed by atoms with Crippen molar-refractivity contribution in [2.24, 2.45) is 0 Å². The van der Waals surface area contributed by atoms with Gasteiger partial charge < -0.3 is 9.40 Å². The van der Waals surface area contributed by atoms with Crippen molar-refractivity contribution in [3.63, 3.8) is 0 Å². The quantitative estimate of drug-likeness (QED) is 0.574. The molecule has 0 saturated carbocycles. The van der Waals surface area contributed by atoms with Gasteiger partial charge in [-0.2, -0.15) is 0 Å². The van der Waals surface area contributed by atoms with Crippen molar-refractivity contribution in [1.82, 2.24) is 9.97 Å². The zero-order valence-corrected chi connectivity index (χ0v) is 5.01. The lowest BCUT2D eigenvalue weighted by molar-refractivity contribution is 0.568. The van der Waals surface area contributed by atoms with E-state index in [0.717, 1.165) is 11.3 Å². The largest absolute Gasteiger partial charge is 0.442 e. The van der Waals surface area contributed by atoms with Crippen LogP contribution in [-0.4, -0.2) is 9.97 Å². The molecule has 0 spiro atoms. The van der Waals surface area contributed by atoms with Crippen LogP contribution in [-0.2, 0) is 0 Å². The third-order valence-corrected chi connectivity index (χ3v) is 1.24. The molecule has 0 amide bonds. The molecule has 0 aliphatic rings. The third kappa shape index (κ3) is 0.543. The van der Waals surface area contributed by atoms with Crippen molar-refractivity contribution in [3.05, 3.63) is 18.2 Å². The highest BCUT2D eigenvalue weighted by Gasteiger charge is 1.98. The third-order valence-electron chi connectivity index (χ3n) is 1.24. The number of hydrogen-bond donors (Lipinski definition) is 1. The molecule has 0 aromatic carbocycles. The first-order valence-electron chi connectivity index (χ1n) is 2.76. The summed E-state index contributed by atoms with van der Waals surface area (Å²) in [5.74, 6) is 0.893. The van der Waals surface area contributed by atoms with Crippen molar-refractivity contribution in [3.8, 4) is 0 Å². The van der Waals surface area contributed by atoms with Crippen LogP contribution in [0.15, 0.2) is 16.8 Å². The van der Waals surface area contributed by atoms with Crippen molar-refractivity contribution in [2.45, 2.75) is 6.92 Å².